The molecule has 1 rings (SSSR count). The van der Waals surface area contributed by atoms with Gasteiger partial charge in [-0.25, -0.2) is 9.37 Å². The zero-order valence-corrected chi connectivity index (χ0v) is 5.88. The molecule has 0 aliphatic heterocycles. The summed E-state index contributed by atoms with van der Waals surface area (Å²) in [6, 6.07) is 0.875. The smallest absolute Gasteiger partial charge is 0.213 e. The molecule has 0 saturated carbocycles. The van der Waals surface area contributed by atoms with Crippen molar-refractivity contribution in [3.8, 4) is 0 Å². The molecule has 1 N–H and O–H groups in total. The van der Waals surface area contributed by atoms with Crippen molar-refractivity contribution in [1.82, 2.24) is 4.98 Å². The minimum atomic E-state index is -1.01. The summed E-state index contributed by atoms with van der Waals surface area (Å²) >= 11 is 0. The third-order valence-corrected chi connectivity index (χ3v) is 1.30. The molecule has 0 aromatic carbocycles. The van der Waals surface area contributed by atoms with Gasteiger partial charge in [0.1, 0.15) is 5.82 Å². The first-order chi connectivity index (χ1) is 5.11. The van der Waals surface area contributed by atoms with E-state index in [2.05, 4.69) is 4.98 Å². The molecular weight excluding hydrogens is 152 g/mol. The molecule has 1 heterocycles. The lowest BCUT2D eigenvalue weighted by molar-refractivity contribution is 0.193. The molecule has 0 fully saturated rings. The molecule has 1 aromatic rings. The van der Waals surface area contributed by atoms with Crippen molar-refractivity contribution in [3.63, 3.8) is 0 Å². The summed E-state index contributed by atoms with van der Waals surface area (Å²) in [5.41, 5.74) is -0.0718. The maximum absolute atomic E-state index is 12.6. The van der Waals surface area contributed by atoms with E-state index in [9.17, 15) is 8.78 Å². The van der Waals surface area contributed by atoms with Crippen LogP contribution < -0.4 is 0 Å². The van der Waals surface area contributed by atoms with Crippen molar-refractivity contribution < 1.29 is 13.9 Å². The number of pyridine rings is 1. The molecule has 0 bridgehead atoms. The highest BCUT2D eigenvalue weighted by atomic mass is 19.1. The zero-order chi connectivity index (χ0) is 8.43. The third kappa shape index (κ3) is 1.71. The van der Waals surface area contributed by atoms with Crippen molar-refractivity contribution in [2.45, 2.75) is 13.0 Å². The van der Waals surface area contributed by atoms with Crippen LogP contribution in [0.25, 0.3) is 0 Å². The van der Waals surface area contributed by atoms with Crippen molar-refractivity contribution in [2.24, 2.45) is 0 Å². The van der Waals surface area contributed by atoms with Crippen LogP contribution in [-0.2, 0) is 0 Å². The predicted molar refractivity (Wildman–Crippen MR) is 34.8 cm³/mol. The Morgan fingerprint density at radius 3 is 2.64 bits per heavy atom. The summed E-state index contributed by atoms with van der Waals surface area (Å²) in [5.74, 6) is -1.48. The van der Waals surface area contributed by atoms with Crippen molar-refractivity contribution in [2.75, 3.05) is 0 Å². The number of nitrogens with zero attached hydrogens (tertiary/aromatic N) is 1. The van der Waals surface area contributed by atoms with Crippen molar-refractivity contribution in [3.05, 3.63) is 29.6 Å². The molecule has 1 atom stereocenters. The number of aliphatic hydroxyl groups excluding tert-OH is 1. The predicted octanol–water partition coefficient (Wildman–Crippen LogP) is 1.41. The molecule has 4 heteroatoms. The fourth-order valence-corrected chi connectivity index (χ4v) is 0.748. The Hall–Kier alpha value is -1.03. The minimum absolute atomic E-state index is 0.0718. The van der Waals surface area contributed by atoms with Gasteiger partial charge in [-0.1, -0.05) is 0 Å². The molecule has 0 amide bonds. The number of hydrogen-bond acceptors (Lipinski definition) is 2. The minimum Gasteiger partial charge on any atom is -0.389 e. The monoisotopic (exact) mass is 159 g/mol. The van der Waals surface area contributed by atoms with Gasteiger partial charge in [-0.2, -0.15) is 4.39 Å². The Balaban J connectivity index is 3.13. The van der Waals surface area contributed by atoms with Crippen LogP contribution in [0.15, 0.2) is 12.3 Å². The second kappa shape index (κ2) is 2.92. The maximum Gasteiger partial charge on any atom is 0.213 e. The van der Waals surface area contributed by atoms with Gasteiger partial charge in [0, 0.05) is 11.6 Å². The molecule has 0 aliphatic carbocycles. The summed E-state index contributed by atoms with van der Waals surface area (Å²) in [6.45, 7) is 1.36. The zero-order valence-electron chi connectivity index (χ0n) is 5.88. The highest BCUT2D eigenvalue weighted by Crippen LogP contribution is 2.15. The Morgan fingerprint density at radius 2 is 2.18 bits per heavy atom. The molecule has 11 heavy (non-hydrogen) atoms. The van der Waals surface area contributed by atoms with Crippen molar-refractivity contribution >= 4 is 0 Å². The average Bonchev–Trinajstić information content (AvgIpc) is 1.94. The standard InChI is InChI=1S/C7H7F2NO/c1-4(11)5-2-7(9)10-3-6(5)8/h2-4,11H,1H3/t4-/m1/s1. The Bertz CT molecular complexity index is 263. The fourth-order valence-electron chi connectivity index (χ4n) is 0.748. The van der Waals surface area contributed by atoms with Gasteiger partial charge in [0.05, 0.1) is 12.3 Å². The van der Waals surface area contributed by atoms with E-state index in [1.54, 1.807) is 0 Å². The van der Waals surface area contributed by atoms with Gasteiger partial charge in [0.15, 0.2) is 0 Å². The van der Waals surface area contributed by atoms with Crippen molar-refractivity contribution in [1.29, 1.82) is 0 Å². The Morgan fingerprint density at radius 1 is 1.55 bits per heavy atom. The topological polar surface area (TPSA) is 33.1 Å². The molecular formula is C7H7F2NO. The summed E-state index contributed by atoms with van der Waals surface area (Å²) in [7, 11) is 0. The van der Waals surface area contributed by atoms with Crippen LogP contribution in [0.2, 0.25) is 0 Å². The molecule has 1 aromatic heterocycles. The highest BCUT2D eigenvalue weighted by molar-refractivity contribution is 5.15. The second-order valence-corrected chi connectivity index (χ2v) is 2.20. The summed E-state index contributed by atoms with van der Waals surface area (Å²) in [6.07, 6.45) is -0.260. The van der Waals surface area contributed by atoms with Crippen LogP contribution in [0.1, 0.15) is 18.6 Å². The van der Waals surface area contributed by atoms with Gasteiger partial charge in [0.2, 0.25) is 5.95 Å². The number of halogens is 2. The molecule has 0 radical (unpaired) electrons. The van der Waals surface area contributed by atoms with Crippen LogP contribution in [0, 0.1) is 11.8 Å². The quantitative estimate of drug-likeness (QED) is 0.628. The first-order valence-electron chi connectivity index (χ1n) is 3.10. The number of aromatic nitrogens is 1. The van der Waals surface area contributed by atoms with Gasteiger partial charge in [-0.3, -0.25) is 0 Å². The first kappa shape index (κ1) is 8.07. The maximum atomic E-state index is 12.6. The van der Waals surface area contributed by atoms with E-state index in [4.69, 9.17) is 5.11 Å². The van der Waals surface area contributed by atoms with E-state index in [0.717, 1.165) is 12.3 Å². The number of rotatable bonds is 1. The van der Waals surface area contributed by atoms with E-state index in [1.165, 1.54) is 6.92 Å². The molecule has 60 valence electrons. The van der Waals surface area contributed by atoms with E-state index < -0.39 is 17.9 Å². The lowest BCUT2D eigenvalue weighted by atomic mass is 10.2. The molecule has 0 spiro atoms. The van der Waals surface area contributed by atoms with E-state index >= 15 is 0 Å². The number of hydrogen-bond donors (Lipinski definition) is 1. The van der Waals surface area contributed by atoms with E-state index in [0.29, 0.717) is 0 Å². The third-order valence-electron chi connectivity index (χ3n) is 1.30. The van der Waals surface area contributed by atoms with Crippen LogP contribution in [0.5, 0.6) is 0 Å². The Kier molecular flexibility index (Phi) is 2.14. The fraction of sp³-hybridized carbons (Fsp3) is 0.286. The molecule has 0 aliphatic rings. The SMILES string of the molecule is C[C@@H](O)c1cc(F)ncc1F. The highest BCUT2D eigenvalue weighted by Gasteiger charge is 2.08. The summed E-state index contributed by atoms with van der Waals surface area (Å²) in [5, 5.41) is 8.89. The van der Waals surface area contributed by atoms with Crippen LogP contribution >= 0.6 is 0 Å². The molecule has 2 nitrogen and oxygen atoms in total. The van der Waals surface area contributed by atoms with Gasteiger partial charge in [0.25, 0.3) is 0 Å². The first-order valence-corrected chi connectivity index (χ1v) is 3.10. The van der Waals surface area contributed by atoms with Crippen LogP contribution in [-0.4, -0.2) is 10.1 Å². The summed E-state index contributed by atoms with van der Waals surface area (Å²) < 4.78 is 24.9. The second-order valence-electron chi connectivity index (χ2n) is 2.20. The lowest BCUT2D eigenvalue weighted by Gasteiger charge is -2.04. The van der Waals surface area contributed by atoms with E-state index in [1.807, 2.05) is 0 Å². The summed E-state index contributed by atoms with van der Waals surface area (Å²) in [4.78, 5) is 3.07. The van der Waals surface area contributed by atoms with Gasteiger partial charge in [-0.05, 0) is 6.92 Å². The lowest BCUT2D eigenvalue weighted by Crippen LogP contribution is -1.98. The molecule has 0 saturated heterocycles. The normalized spacial score (nSPS) is 13.1. The van der Waals surface area contributed by atoms with Crippen LogP contribution in [0.3, 0.4) is 0 Å². The Labute approximate surface area is 62.5 Å². The van der Waals surface area contributed by atoms with Crippen LogP contribution in [0.4, 0.5) is 8.78 Å². The van der Waals surface area contributed by atoms with Gasteiger partial charge in [-0.15, -0.1) is 0 Å². The average molecular weight is 159 g/mol. The number of aliphatic hydroxyl groups is 1. The largest absolute Gasteiger partial charge is 0.389 e. The van der Waals surface area contributed by atoms with Gasteiger partial charge >= 0.3 is 0 Å². The van der Waals surface area contributed by atoms with E-state index in [-0.39, 0.29) is 5.56 Å². The molecule has 0 unspecified atom stereocenters. The van der Waals surface area contributed by atoms with Gasteiger partial charge < -0.3 is 5.11 Å².